The fourth-order valence-corrected chi connectivity index (χ4v) is 2.86. The first-order valence-electron chi connectivity index (χ1n) is 4.09. The number of thiazole rings is 1. The molecule has 7 heteroatoms. The van der Waals surface area contributed by atoms with E-state index in [2.05, 4.69) is 4.98 Å². The number of hydrogen-bond donors (Lipinski definition) is 0. The molecule has 0 spiro atoms. The fourth-order valence-electron chi connectivity index (χ4n) is 0.854. The van der Waals surface area contributed by atoms with E-state index in [0.29, 0.717) is 5.01 Å². The molecule has 0 saturated heterocycles. The molecular formula is C8H10ClNO3S2. The van der Waals surface area contributed by atoms with Gasteiger partial charge in [0.25, 0.3) is 0 Å². The van der Waals surface area contributed by atoms with E-state index in [1.54, 1.807) is 6.92 Å². The van der Waals surface area contributed by atoms with Crippen molar-refractivity contribution in [2.24, 2.45) is 0 Å². The minimum atomic E-state index is -3.17. The zero-order valence-corrected chi connectivity index (χ0v) is 10.6. The second kappa shape index (κ2) is 4.59. The summed E-state index contributed by atoms with van der Waals surface area (Å²) in [6.45, 7) is 1.54. The van der Waals surface area contributed by atoms with Crippen LogP contribution in [0.4, 0.5) is 0 Å². The number of carbonyl (C=O) groups excluding carboxylic acids is 1. The molecule has 1 atom stereocenters. The smallest absolute Gasteiger partial charge is 0.196 e. The Morgan fingerprint density at radius 2 is 2.27 bits per heavy atom. The van der Waals surface area contributed by atoms with Gasteiger partial charge in [-0.3, -0.25) is 4.79 Å². The Hall–Kier alpha value is -0.460. The van der Waals surface area contributed by atoms with Crippen LogP contribution in [0.3, 0.4) is 0 Å². The maximum Gasteiger partial charge on any atom is 0.196 e. The van der Waals surface area contributed by atoms with Crippen LogP contribution < -0.4 is 0 Å². The van der Waals surface area contributed by atoms with Crippen molar-refractivity contribution in [1.29, 1.82) is 0 Å². The quantitative estimate of drug-likeness (QED) is 0.615. The molecule has 0 amide bonds. The highest BCUT2D eigenvalue weighted by atomic mass is 35.5. The normalized spacial score (nSPS) is 13.8. The van der Waals surface area contributed by atoms with Crippen LogP contribution in [-0.2, 0) is 9.84 Å². The Bertz CT molecular complexity index is 466. The number of halogens is 1. The van der Waals surface area contributed by atoms with E-state index >= 15 is 0 Å². The van der Waals surface area contributed by atoms with E-state index < -0.39 is 15.1 Å². The highest BCUT2D eigenvalue weighted by Gasteiger charge is 2.21. The molecule has 4 nitrogen and oxygen atoms in total. The molecule has 0 aliphatic heterocycles. The topological polar surface area (TPSA) is 64.1 Å². The minimum Gasteiger partial charge on any atom is -0.291 e. The van der Waals surface area contributed by atoms with Crippen LogP contribution in [0.2, 0.25) is 0 Å². The number of ketones is 1. The van der Waals surface area contributed by atoms with Gasteiger partial charge in [-0.2, -0.15) is 0 Å². The van der Waals surface area contributed by atoms with Gasteiger partial charge in [-0.15, -0.1) is 22.9 Å². The third-order valence-corrected chi connectivity index (χ3v) is 4.85. The molecule has 1 aromatic heterocycles. The molecule has 0 aromatic carbocycles. The molecule has 0 N–H and O–H groups in total. The van der Waals surface area contributed by atoms with Crippen molar-refractivity contribution in [3.8, 4) is 0 Å². The van der Waals surface area contributed by atoms with Crippen LogP contribution >= 0.6 is 22.9 Å². The van der Waals surface area contributed by atoms with Crippen molar-refractivity contribution >= 4 is 38.6 Å². The fraction of sp³-hybridized carbons (Fsp3) is 0.500. The molecular weight excluding hydrogens is 258 g/mol. The molecule has 84 valence electrons. The van der Waals surface area contributed by atoms with E-state index in [9.17, 15) is 13.2 Å². The Kier molecular flexibility index (Phi) is 3.86. The molecule has 0 bridgehead atoms. The standard InChI is InChI=1S/C8H10ClNO3S2/c1-5(15(2,12)13)8-10-6(4-14-8)7(11)3-9/h4-5H,3H2,1-2H3. The molecule has 1 rings (SSSR count). The van der Waals surface area contributed by atoms with E-state index in [4.69, 9.17) is 11.6 Å². The summed E-state index contributed by atoms with van der Waals surface area (Å²) in [6, 6.07) is 0. The predicted octanol–water partition coefficient (Wildman–Crippen LogP) is 1.67. The summed E-state index contributed by atoms with van der Waals surface area (Å²) < 4.78 is 22.5. The third-order valence-electron chi connectivity index (χ3n) is 1.92. The maximum absolute atomic E-state index is 11.2. The van der Waals surface area contributed by atoms with Crippen LogP contribution in [0.25, 0.3) is 0 Å². The van der Waals surface area contributed by atoms with Crippen molar-refractivity contribution in [3.05, 3.63) is 16.1 Å². The molecule has 0 radical (unpaired) electrons. The SMILES string of the molecule is CC(c1nc(C(=O)CCl)cs1)S(C)(=O)=O. The van der Waals surface area contributed by atoms with Gasteiger partial charge in [-0.25, -0.2) is 13.4 Å². The molecule has 1 heterocycles. The Balaban J connectivity index is 3.00. The Labute approximate surface area is 97.2 Å². The second-order valence-electron chi connectivity index (χ2n) is 3.10. The predicted molar refractivity (Wildman–Crippen MR) is 60.4 cm³/mol. The summed E-state index contributed by atoms with van der Waals surface area (Å²) >= 11 is 6.52. The lowest BCUT2D eigenvalue weighted by molar-refractivity contribution is 0.101. The minimum absolute atomic E-state index is 0.142. The maximum atomic E-state index is 11.2. The lowest BCUT2D eigenvalue weighted by Gasteiger charge is -2.03. The Morgan fingerprint density at radius 3 is 2.73 bits per heavy atom. The van der Waals surface area contributed by atoms with Crippen LogP contribution in [0, 0.1) is 0 Å². The Morgan fingerprint density at radius 1 is 1.67 bits per heavy atom. The zero-order valence-electron chi connectivity index (χ0n) is 8.23. The number of rotatable bonds is 4. The number of hydrogen-bond acceptors (Lipinski definition) is 5. The highest BCUT2D eigenvalue weighted by molar-refractivity contribution is 7.91. The van der Waals surface area contributed by atoms with Crippen LogP contribution in [0.15, 0.2) is 5.38 Å². The van der Waals surface area contributed by atoms with Crippen molar-refractivity contribution in [2.45, 2.75) is 12.2 Å². The molecule has 0 aliphatic carbocycles. The van der Waals surface area contributed by atoms with Crippen molar-refractivity contribution in [3.63, 3.8) is 0 Å². The summed E-state index contributed by atoms with van der Waals surface area (Å²) in [4.78, 5) is 15.1. The van der Waals surface area contributed by atoms with Crippen LogP contribution in [-0.4, -0.2) is 31.3 Å². The van der Waals surface area contributed by atoms with E-state index in [0.717, 1.165) is 17.6 Å². The monoisotopic (exact) mass is 267 g/mol. The van der Waals surface area contributed by atoms with E-state index in [-0.39, 0.29) is 17.4 Å². The molecule has 0 fully saturated rings. The summed E-state index contributed by atoms with van der Waals surface area (Å²) in [5.74, 6) is -0.434. The lowest BCUT2D eigenvalue weighted by atomic mass is 10.3. The molecule has 0 aliphatic rings. The van der Waals surface area contributed by atoms with Gasteiger partial charge in [-0.05, 0) is 6.92 Å². The van der Waals surface area contributed by atoms with E-state index in [1.807, 2.05) is 0 Å². The van der Waals surface area contributed by atoms with E-state index in [1.165, 1.54) is 5.38 Å². The number of sulfone groups is 1. The number of nitrogens with zero attached hydrogens (tertiary/aromatic N) is 1. The summed E-state index contributed by atoms with van der Waals surface area (Å²) in [5.41, 5.74) is 0.237. The van der Waals surface area contributed by atoms with Crippen molar-refractivity contribution < 1.29 is 13.2 Å². The van der Waals surface area contributed by atoms with Crippen LogP contribution in [0.1, 0.15) is 27.7 Å². The molecule has 15 heavy (non-hydrogen) atoms. The van der Waals surface area contributed by atoms with Gasteiger partial charge < -0.3 is 0 Å². The molecule has 1 unspecified atom stereocenters. The van der Waals surface area contributed by atoms with Gasteiger partial charge in [0.2, 0.25) is 0 Å². The van der Waals surface area contributed by atoms with Crippen molar-refractivity contribution in [2.75, 3.05) is 12.1 Å². The van der Waals surface area contributed by atoms with Gasteiger partial charge in [0.1, 0.15) is 16.0 Å². The zero-order chi connectivity index (χ0) is 11.6. The summed E-state index contributed by atoms with van der Waals surface area (Å²) in [6.07, 6.45) is 1.14. The van der Waals surface area contributed by atoms with Gasteiger partial charge in [0.15, 0.2) is 15.6 Å². The average Bonchev–Trinajstić information content (AvgIpc) is 2.62. The first kappa shape index (κ1) is 12.6. The van der Waals surface area contributed by atoms with Gasteiger partial charge in [-0.1, -0.05) is 0 Å². The lowest BCUT2D eigenvalue weighted by Crippen LogP contribution is -2.08. The molecule has 1 aromatic rings. The third kappa shape index (κ3) is 2.99. The number of alkyl halides is 1. The largest absolute Gasteiger partial charge is 0.291 e. The highest BCUT2D eigenvalue weighted by Crippen LogP contribution is 2.24. The summed E-state index contributed by atoms with van der Waals surface area (Å²) in [5, 5.41) is 1.27. The van der Waals surface area contributed by atoms with Crippen molar-refractivity contribution in [1.82, 2.24) is 4.98 Å². The number of Topliss-reactive ketones (excluding diaryl/α,β-unsaturated/α-hetero) is 1. The summed E-state index contributed by atoms with van der Waals surface area (Å²) in [7, 11) is -3.17. The van der Waals surface area contributed by atoms with Gasteiger partial charge in [0.05, 0.1) is 5.88 Å². The van der Waals surface area contributed by atoms with Gasteiger partial charge in [0, 0.05) is 11.6 Å². The second-order valence-corrected chi connectivity index (χ2v) is 6.62. The molecule has 0 saturated carbocycles. The first-order chi connectivity index (χ1) is 6.86. The van der Waals surface area contributed by atoms with Crippen LogP contribution in [0.5, 0.6) is 0 Å². The van der Waals surface area contributed by atoms with Gasteiger partial charge >= 0.3 is 0 Å². The first-order valence-corrected chi connectivity index (χ1v) is 7.46. The number of carbonyl (C=O) groups is 1. The number of aromatic nitrogens is 1. The average molecular weight is 268 g/mol.